The van der Waals surface area contributed by atoms with Crippen LogP contribution in [0.3, 0.4) is 0 Å². The van der Waals surface area contributed by atoms with Crippen molar-refractivity contribution in [2.45, 2.75) is 58.5 Å². The highest BCUT2D eigenvalue weighted by Gasteiger charge is 2.46. The van der Waals surface area contributed by atoms with Crippen LogP contribution in [0.4, 0.5) is 0 Å². The van der Waals surface area contributed by atoms with Crippen LogP contribution >= 0.6 is 0 Å². The summed E-state index contributed by atoms with van der Waals surface area (Å²) < 4.78 is 11.3. The molecule has 0 aliphatic carbocycles. The fourth-order valence-electron chi connectivity index (χ4n) is 5.27. The zero-order chi connectivity index (χ0) is 27.7. The van der Waals surface area contributed by atoms with Crippen LogP contribution in [0.2, 0.25) is 0 Å². The van der Waals surface area contributed by atoms with E-state index in [2.05, 4.69) is 20.8 Å². The number of aryl methyl sites for hydroxylation is 1. The van der Waals surface area contributed by atoms with E-state index in [1.807, 2.05) is 67.6 Å². The van der Waals surface area contributed by atoms with Crippen molar-refractivity contribution in [1.82, 2.24) is 4.90 Å². The molecule has 3 aromatic rings. The Morgan fingerprint density at radius 2 is 1.74 bits per heavy atom. The minimum absolute atomic E-state index is 0.0478. The van der Waals surface area contributed by atoms with Crippen molar-refractivity contribution in [3.8, 4) is 11.5 Å². The molecule has 2 aliphatic rings. The van der Waals surface area contributed by atoms with Crippen LogP contribution in [0.25, 0.3) is 5.76 Å². The molecule has 0 bridgehead atoms. The van der Waals surface area contributed by atoms with Gasteiger partial charge in [-0.1, -0.05) is 57.2 Å². The normalized spacial score (nSPS) is 18.6. The van der Waals surface area contributed by atoms with Crippen LogP contribution in [-0.2, 0) is 28.0 Å². The van der Waals surface area contributed by atoms with Gasteiger partial charge in [-0.15, -0.1) is 0 Å². The number of amides is 1. The molecule has 1 saturated heterocycles. The summed E-state index contributed by atoms with van der Waals surface area (Å²) >= 11 is 0. The zero-order valence-corrected chi connectivity index (χ0v) is 23.0. The first-order valence-electron chi connectivity index (χ1n) is 13.5. The highest BCUT2D eigenvalue weighted by atomic mass is 16.5. The maximum atomic E-state index is 13.5. The van der Waals surface area contributed by atoms with Gasteiger partial charge >= 0.3 is 0 Å². The van der Waals surface area contributed by atoms with Crippen molar-refractivity contribution < 1.29 is 24.2 Å². The molecular weight excluding hydrogens is 490 g/mol. The Balaban J connectivity index is 1.59. The molecule has 1 unspecified atom stereocenters. The molecular formula is C33H35NO5. The smallest absolute Gasteiger partial charge is 0.295 e. The maximum Gasteiger partial charge on any atom is 0.295 e. The van der Waals surface area contributed by atoms with Crippen LogP contribution in [0, 0.1) is 0 Å². The van der Waals surface area contributed by atoms with Gasteiger partial charge in [0.15, 0.2) is 0 Å². The number of aliphatic hydroxyl groups is 1. The first-order chi connectivity index (χ1) is 18.7. The number of Topliss-reactive ketones (excluding diaryl/α,β-unsaturated/α-hetero) is 1. The number of likely N-dealkylation sites (tertiary alicyclic amines) is 1. The predicted octanol–water partition coefficient (Wildman–Crippen LogP) is 6.33. The minimum atomic E-state index is -0.724. The number of carbonyl (C=O) groups excluding carboxylic acids is 2. The van der Waals surface area contributed by atoms with E-state index in [4.69, 9.17) is 9.47 Å². The van der Waals surface area contributed by atoms with Crippen LogP contribution in [-0.4, -0.2) is 34.9 Å². The monoisotopic (exact) mass is 525 g/mol. The highest BCUT2D eigenvalue weighted by Crippen LogP contribution is 2.41. The van der Waals surface area contributed by atoms with Gasteiger partial charge in [-0.3, -0.25) is 9.59 Å². The van der Waals surface area contributed by atoms with E-state index >= 15 is 0 Å². The molecule has 0 saturated carbocycles. The van der Waals surface area contributed by atoms with Crippen molar-refractivity contribution in [1.29, 1.82) is 0 Å². The lowest BCUT2D eigenvalue weighted by atomic mass is 9.85. The average Bonchev–Trinajstić information content (AvgIpc) is 3.18. The largest absolute Gasteiger partial charge is 0.507 e. The molecule has 0 radical (unpaired) electrons. The number of nitrogens with zero attached hydrogens (tertiary/aromatic N) is 1. The number of carbonyl (C=O) groups is 2. The Hall–Kier alpha value is -4.06. The van der Waals surface area contributed by atoms with Crippen LogP contribution in [0.15, 0.2) is 72.3 Å². The molecule has 6 nitrogen and oxygen atoms in total. The molecule has 202 valence electrons. The standard InChI is InChI=1S/C33H35NO5/c1-5-38-26-15-8-21(9-16-26)20-34-29(22-10-13-25(14-11-22)33(2,3)4)28(31(36)32(34)37)30(35)24-12-17-27-23(19-24)7-6-18-39-27/h8-17,19,29,35H,5-7,18,20H2,1-4H3/b30-28-. The molecule has 1 N–H and O–H groups in total. The zero-order valence-electron chi connectivity index (χ0n) is 23.0. The van der Waals surface area contributed by atoms with Gasteiger partial charge in [-0.2, -0.15) is 0 Å². The van der Waals surface area contributed by atoms with Crippen molar-refractivity contribution in [3.63, 3.8) is 0 Å². The van der Waals surface area contributed by atoms with E-state index in [1.165, 1.54) is 0 Å². The van der Waals surface area contributed by atoms with E-state index in [-0.39, 0.29) is 23.3 Å². The number of hydrogen-bond acceptors (Lipinski definition) is 5. The van der Waals surface area contributed by atoms with Crippen LogP contribution in [0.1, 0.15) is 68.0 Å². The second-order valence-corrected chi connectivity index (χ2v) is 11.2. The molecule has 1 amide bonds. The van der Waals surface area contributed by atoms with Gasteiger partial charge in [0.1, 0.15) is 17.3 Å². The molecule has 39 heavy (non-hydrogen) atoms. The first-order valence-corrected chi connectivity index (χ1v) is 13.5. The van der Waals surface area contributed by atoms with E-state index in [0.29, 0.717) is 18.8 Å². The second kappa shape index (κ2) is 10.6. The number of ether oxygens (including phenoxy) is 2. The molecule has 0 spiro atoms. The van der Waals surface area contributed by atoms with Gasteiger partial charge in [-0.25, -0.2) is 0 Å². The van der Waals surface area contributed by atoms with Crippen molar-refractivity contribution in [3.05, 3.63) is 100 Å². The Kier molecular flexibility index (Phi) is 7.21. The minimum Gasteiger partial charge on any atom is -0.507 e. The molecule has 0 aromatic heterocycles. The Morgan fingerprint density at radius 3 is 2.41 bits per heavy atom. The quantitative estimate of drug-likeness (QED) is 0.231. The van der Waals surface area contributed by atoms with Gasteiger partial charge < -0.3 is 19.5 Å². The summed E-state index contributed by atoms with van der Waals surface area (Å²) in [6.07, 6.45) is 1.73. The molecule has 1 fully saturated rings. The van der Waals surface area contributed by atoms with Gasteiger partial charge in [0, 0.05) is 12.1 Å². The predicted molar refractivity (Wildman–Crippen MR) is 151 cm³/mol. The summed E-state index contributed by atoms with van der Waals surface area (Å²) in [5.74, 6) is 0.0619. The summed E-state index contributed by atoms with van der Waals surface area (Å²) in [5.41, 5.74) is 4.33. The van der Waals surface area contributed by atoms with Crippen molar-refractivity contribution in [2.24, 2.45) is 0 Å². The third-order valence-electron chi connectivity index (χ3n) is 7.40. The molecule has 6 heteroatoms. The van der Waals surface area contributed by atoms with Crippen LogP contribution in [0.5, 0.6) is 11.5 Å². The third-order valence-corrected chi connectivity index (χ3v) is 7.40. The highest BCUT2D eigenvalue weighted by molar-refractivity contribution is 6.46. The summed E-state index contributed by atoms with van der Waals surface area (Å²) in [5, 5.41) is 11.5. The second-order valence-electron chi connectivity index (χ2n) is 11.2. The fraction of sp³-hybridized carbons (Fsp3) is 0.333. The van der Waals surface area contributed by atoms with E-state index in [9.17, 15) is 14.7 Å². The number of aliphatic hydroxyl groups excluding tert-OH is 1. The average molecular weight is 526 g/mol. The first kappa shape index (κ1) is 26.5. The topological polar surface area (TPSA) is 76.1 Å². The van der Waals surface area contributed by atoms with E-state index < -0.39 is 17.7 Å². The lowest BCUT2D eigenvalue weighted by Crippen LogP contribution is -2.29. The Bertz CT molecular complexity index is 1410. The molecule has 5 rings (SSSR count). The SMILES string of the molecule is CCOc1ccc(CN2C(=O)C(=O)/C(=C(\O)c3ccc4c(c3)CCCO4)C2c2ccc(C(C)(C)C)cc2)cc1. The molecule has 3 aromatic carbocycles. The molecule has 1 atom stereocenters. The Labute approximate surface area is 229 Å². The summed E-state index contributed by atoms with van der Waals surface area (Å²) in [6.45, 7) is 9.79. The van der Waals surface area contributed by atoms with E-state index in [0.717, 1.165) is 46.6 Å². The molecule has 2 heterocycles. The lowest BCUT2D eigenvalue weighted by Gasteiger charge is -2.27. The number of benzene rings is 3. The number of rotatable bonds is 6. The van der Waals surface area contributed by atoms with Gasteiger partial charge in [0.05, 0.1) is 24.8 Å². The van der Waals surface area contributed by atoms with E-state index in [1.54, 1.807) is 11.0 Å². The fourth-order valence-corrected chi connectivity index (χ4v) is 5.27. The number of ketones is 1. The molecule has 2 aliphatic heterocycles. The summed E-state index contributed by atoms with van der Waals surface area (Å²) in [4.78, 5) is 28.5. The van der Waals surface area contributed by atoms with Gasteiger partial charge in [0.2, 0.25) is 0 Å². The van der Waals surface area contributed by atoms with Crippen molar-refractivity contribution in [2.75, 3.05) is 13.2 Å². The Morgan fingerprint density at radius 1 is 1.03 bits per heavy atom. The van der Waals surface area contributed by atoms with Crippen LogP contribution < -0.4 is 9.47 Å². The van der Waals surface area contributed by atoms with Crippen molar-refractivity contribution >= 4 is 17.4 Å². The number of hydrogen-bond donors (Lipinski definition) is 1. The summed E-state index contributed by atoms with van der Waals surface area (Å²) in [7, 11) is 0. The maximum absolute atomic E-state index is 13.5. The third kappa shape index (κ3) is 5.29. The lowest BCUT2D eigenvalue weighted by molar-refractivity contribution is -0.140. The summed E-state index contributed by atoms with van der Waals surface area (Å²) in [6, 6.07) is 20.2. The van der Waals surface area contributed by atoms with Gasteiger partial charge in [-0.05, 0) is 77.8 Å². The number of fused-ring (bicyclic) bond motifs is 1. The van der Waals surface area contributed by atoms with Gasteiger partial charge in [0.25, 0.3) is 11.7 Å².